The fraction of sp³-hybridized carbons (Fsp3) is 0.500. The molecule has 1 aliphatic rings. The Kier molecular flexibility index (Phi) is 7.61. The number of nitrogens with zero attached hydrogens (tertiary/aromatic N) is 3. The molecule has 0 saturated heterocycles. The van der Waals surface area contributed by atoms with Crippen molar-refractivity contribution >= 4 is 22.3 Å². The summed E-state index contributed by atoms with van der Waals surface area (Å²) in [6.45, 7) is 6.49. The van der Waals surface area contributed by atoms with Gasteiger partial charge in [-0.3, -0.25) is 8.74 Å². The molecule has 0 spiro atoms. The third-order valence-electron chi connectivity index (χ3n) is 3.59. The number of anilines is 1. The summed E-state index contributed by atoms with van der Waals surface area (Å²) in [5.74, 6) is 0.734. The predicted octanol–water partition coefficient (Wildman–Crippen LogP) is 1.24. The molecule has 0 fully saturated rings. The number of hydrogen-bond donors (Lipinski definition) is 3. The zero-order valence-electron chi connectivity index (χ0n) is 16.5. The molecule has 1 aliphatic heterocycles. The summed E-state index contributed by atoms with van der Waals surface area (Å²) in [6, 6.07) is 0. The number of carbonyl (C=O) groups excluding carboxylic acids is 1. The fourth-order valence-electron chi connectivity index (χ4n) is 2.22. The Labute approximate surface area is 164 Å². The van der Waals surface area contributed by atoms with E-state index in [2.05, 4.69) is 21.4 Å². The molecule has 0 aliphatic carbocycles. The maximum atomic E-state index is 11.1. The van der Waals surface area contributed by atoms with Crippen molar-refractivity contribution in [1.82, 2.24) is 14.7 Å². The topological polar surface area (TPSA) is 163 Å². The van der Waals surface area contributed by atoms with Gasteiger partial charge in [-0.15, -0.1) is 0 Å². The number of aromatic nitrogens is 2. The van der Waals surface area contributed by atoms with Crippen molar-refractivity contribution in [1.29, 1.82) is 0 Å². The Morgan fingerprint density at radius 1 is 1.32 bits per heavy atom. The van der Waals surface area contributed by atoms with Crippen molar-refractivity contribution < 1.29 is 26.7 Å². The average Bonchev–Trinajstić information content (AvgIpc) is 2.86. The second kappa shape index (κ2) is 9.08. The number of primary amides is 1. The Bertz CT molecular complexity index is 840. The van der Waals surface area contributed by atoms with Gasteiger partial charge in [-0.05, 0) is 12.4 Å². The molecule has 0 unspecified atom stereocenters. The van der Waals surface area contributed by atoms with Gasteiger partial charge in [0.1, 0.15) is 5.69 Å². The largest absolute Gasteiger partial charge is 0.410 e. The summed E-state index contributed by atoms with van der Waals surface area (Å²) in [6.07, 6.45) is 7.20. The molecule has 5 N–H and O–H groups in total. The second-order valence-electron chi connectivity index (χ2n) is 7.02. The highest BCUT2D eigenvalue weighted by atomic mass is 32.3. The summed E-state index contributed by atoms with van der Waals surface area (Å²) in [5, 5.41) is 4.52. The molecule has 2 rings (SSSR count). The van der Waals surface area contributed by atoms with Gasteiger partial charge >= 0.3 is 16.5 Å². The monoisotopic (exact) mass is 417 g/mol. The van der Waals surface area contributed by atoms with E-state index >= 15 is 0 Å². The van der Waals surface area contributed by atoms with Crippen molar-refractivity contribution in [3.63, 3.8) is 0 Å². The normalized spacial score (nSPS) is 14.6. The molecule has 0 radical (unpaired) electrons. The van der Waals surface area contributed by atoms with Crippen molar-refractivity contribution in [3.8, 4) is 5.75 Å². The Morgan fingerprint density at radius 3 is 2.21 bits per heavy atom. The molecular formula is C16H27N5O6S. The van der Waals surface area contributed by atoms with E-state index in [0.717, 1.165) is 7.11 Å². The SMILES string of the molecule is CN1C=CC(Cn2nc(C(C)(C)C)c(OC(N)=O)c2N)C=C1.COS(=O)(=O)O. The lowest BCUT2D eigenvalue weighted by atomic mass is 9.92. The maximum Gasteiger partial charge on any atom is 0.410 e. The van der Waals surface area contributed by atoms with Gasteiger partial charge in [-0.2, -0.15) is 13.5 Å². The van der Waals surface area contributed by atoms with Crippen molar-refractivity contribution in [2.45, 2.75) is 32.7 Å². The molecule has 12 heteroatoms. The molecular weight excluding hydrogens is 390 g/mol. The summed E-state index contributed by atoms with van der Waals surface area (Å²) < 4.78 is 36.4. The van der Waals surface area contributed by atoms with Gasteiger partial charge < -0.3 is 21.1 Å². The van der Waals surface area contributed by atoms with Crippen LogP contribution in [0.4, 0.5) is 10.6 Å². The number of hydrogen-bond acceptors (Lipinski definition) is 8. The van der Waals surface area contributed by atoms with Gasteiger partial charge in [-0.25, -0.2) is 9.48 Å². The first kappa shape index (κ1) is 23.5. The Morgan fingerprint density at radius 2 is 1.82 bits per heavy atom. The predicted molar refractivity (Wildman–Crippen MR) is 104 cm³/mol. The first-order valence-electron chi connectivity index (χ1n) is 8.20. The van der Waals surface area contributed by atoms with E-state index < -0.39 is 16.5 Å². The van der Waals surface area contributed by atoms with Crippen molar-refractivity contribution in [3.05, 3.63) is 30.2 Å². The van der Waals surface area contributed by atoms with Crippen molar-refractivity contribution in [2.75, 3.05) is 19.9 Å². The first-order valence-corrected chi connectivity index (χ1v) is 9.56. The fourth-order valence-corrected chi connectivity index (χ4v) is 2.22. The lowest BCUT2D eigenvalue weighted by Gasteiger charge is -2.18. The van der Waals surface area contributed by atoms with E-state index in [4.69, 9.17) is 20.8 Å². The standard InChI is InChI=1S/C15H23N5O2.CH4O4S/c1-15(2,3)12-11(22-14(17)21)13(16)20(18-12)9-10-5-7-19(4)8-6-10;1-5-6(2,3)4/h5-8,10H,9,16H2,1-4H3,(H2,17,21);1H3,(H,2,3,4). The maximum absolute atomic E-state index is 11.1. The molecule has 11 nitrogen and oxygen atoms in total. The first-order chi connectivity index (χ1) is 12.7. The molecule has 1 aromatic heterocycles. The highest BCUT2D eigenvalue weighted by Gasteiger charge is 2.28. The number of amides is 1. The minimum atomic E-state index is -4.16. The number of carbonyl (C=O) groups is 1. The van der Waals surface area contributed by atoms with Crippen LogP contribution in [0.3, 0.4) is 0 Å². The minimum absolute atomic E-state index is 0.174. The number of allylic oxidation sites excluding steroid dienone is 2. The molecule has 158 valence electrons. The van der Waals surface area contributed by atoms with Crippen LogP contribution >= 0.6 is 0 Å². The van der Waals surface area contributed by atoms with Crippen LogP contribution in [0, 0.1) is 5.92 Å². The van der Waals surface area contributed by atoms with Crippen LogP contribution in [-0.4, -0.2) is 47.9 Å². The van der Waals surface area contributed by atoms with Gasteiger partial charge in [0.05, 0.1) is 13.7 Å². The zero-order valence-corrected chi connectivity index (χ0v) is 17.3. The van der Waals surface area contributed by atoms with Crippen LogP contribution in [0.5, 0.6) is 5.75 Å². The average molecular weight is 417 g/mol. The highest BCUT2D eigenvalue weighted by Crippen LogP contribution is 2.35. The molecule has 0 aromatic carbocycles. The summed E-state index contributed by atoms with van der Waals surface area (Å²) >= 11 is 0. The van der Waals surface area contributed by atoms with E-state index in [1.165, 1.54) is 0 Å². The Balaban J connectivity index is 0.000000568. The molecule has 0 atom stereocenters. The van der Waals surface area contributed by atoms with Gasteiger partial charge in [0.15, 0.2) is 11.6 Å². The van der Waals surface area contributed by atoms with Crippen LogP contribution in [0.15, 0.2) is 24.6 Å². The smallest absolute Gasteiger partial charge is 0.404 e. The van der Waals surface area contributed by atoms with E-state index in [-0.39, 0.29) is 17.1 Å². The summed E-state index contributed by atoms with van der Waals surface area (Å²) in [4.78, 5) is 13.1. The summed E-state index contributed by atoms with van der Waals surface area (Å²) in [5.41, 5.74) is 11.5. The second-order valence-corrected chi connectivity index (χ2v) is 8.21. The van der Waals surface area contributed by atoms with Crippen LogP contribution in [0.2, 0.25) is 0 Å². The number of rotatable bonds is 4. The minimum Gasteiger partial charge on any atom is -0.404 e. The van der Waals surface area contributed by atoms with Gasteiger partial charge in [0, 0.05) is 18.4 Å². The quantitative estimate of drug-likeness (QED) is 0.611. The van der Waals surface area contributed by atoms with Crippen LogP contribution in [0.1, 0.15) is 26.5 Å². The van der Waals surface area contributed by atoms with Crippen LogP contribution < -0.4 is 16.2 Å². The molecule has 1 aromatic rings. The Hall–Kier alpha value is -2.57. The third-order valence-corrected chi connectivity index (χ3v) is 4.01. The van der Waals surface area contributed by atoms with Crippen LogP contribution in [0.25, 0.3) is 0 Å². The van der Waals surface area contributed by atoms with E-state index in [1.807, 2.05) is 45.1 Å². The lowest BCUT2D eigenvalue weighted by molar-refractivity contribution is 0.210. The highest BCUT2D eigenvalue weighted by molar-refractivity contribution is 7.80. The van der Waals surface area contributed by atoms with Gasteiger partial charge in [0.25, 0.3) is 0 Å². The zero-order chi connectivity index (χ0) is 21.7. The van der Waals surface area contributed by atoms with Crippen molar-refractivity contribution in [2.24, 2.45) is 11.7 Å². The number of nitrogens with two attached hydrogens (primary N) is 2. The molecule has 2 heterocycles. The van der Waals surface area contributed by atoms with Gasteiger partial charge in [0.2, 0.25) is 0 Å². The molecule has 0 bridgehead atoms. The van der Waals surface area contributed by atoms with Crippen LogP contribution in [-0.2, 0) is 26.5 Å². The molecule has 1 amide bonds. The summed E-state index contributed by atoms with van der Waals surface area (Å²) in [7, 11) is -1.33. The molecule has 28 heavy (non-hydrogen) atoms. The third kappa shape index (κ3) is 7.21. The lowest BCUT2D eigenvalue weighted by Crippen LogP contribution is -2.20. The van der Waals surface area contributed by atoms with Gasteiger partial charge in [-0.1, -0.05) is 32.9 Å². The molecule has 0 saturated carbocycles. The number of nitrogen functional groups attached to an aromatic ring is 1. The number of ether oxygens (including phenoxy) is 1. The van der Waals surface area contributed by atoms with E-state index in [0.29, 0.717) is 18.1 Å². The van der Waals surface area contributed by atoms with E-state index in [1.54, 1.807) is 4.68 Å². The van der Waals surface area contributed by atoms with E-state index in [9.17, 15) is 13.2 Å².